The van der Waals surface area contributed by atoms with E-state index >= 15 is 0 Å². The predicted molar refractivity (Wildman–Crippen MR) is 90.8 cm³/mol. The van der Waals surface area contributed by atoms with Crippen molar-refractivity contribution < 1.29 is 9.32 Å². The Morgan fingerprint density at radius 1 is 1.50 bits per heavy atom. The van der Waals surface area contributed by atoms with Gasteiger partial charge in [0.15, 0.2) is 11.5 Å². The molecule has 1 amide bonds. The minimum Gasteiger partial charge on any atom is -0.344 e. The van der Waals surface area contributed by atoms with Gasteiger partial charge in [-0.05, 0) is 39.3 Å². The quantitative estimate of drug-likeness (QED) is 0.866. The fourth-order valence-corrected chi connectivity index (χ4v) is 2.79. The minimum absolute atomic E-state index is 0. The maximum absolute atomic E-state index is 11.3. The van der Waals surface area contributed by atoms with Gasteiger partial charge in [-0.2, -0.15) is 10.1 Å². The Morgan fingerprint density at radius 2 is 2.29 bits per heavy atom. The van der Waals surface area contributed by atoms with Crippen LogP contribution in [-0.4, -0.2) is 38.9 Å². The lowest BCUT2D eigenvalue weighted by molar-refractivity contribution is -0.120. The number of amides is 1. The zero-order valence-electron chi connectivity index (χ0n) is 14.1. The van der Waals surface area contributed by atoms with Crippen LogP contribution in [0.5, 0.6) is 0 Å². The number of hydrogen-bond acceptors (Lipinski definition) is 6. The van der Waals surface area contributed by atoms with E-state index in [1.165, 1.54) is 6.92 Å². The summed E-state index contributed by atoms with van der Waals surface area (Å²) in [4.78, 5) is 15.6. The summed E-state index contributed by atoms with van der Waals surface area (Å²) in [7, 11) is 0. The topological polar surface area (TPSA) is 97.9 Å². The number of nitrogens with one attached hydrogen (secondary N) is 2. The third-order valence-corrected chi connectivity index (χ3v) is 3.95. The summed E-state index contributed by atoms with van der Waals surface area (Å²) < 4.78 is 7.26. The SMILES string of the molecule is CC(=O)NC(C)(C)c1noc(-c2ccn(C3CCCNC3)n2)n1.Cl. The van der Waals surface area contributed by atoms with E-state index in [4.69, 9.17) is 4.52 Å². The molecular weight excluding hydrogens is 332 g/mol. The Hall–Kier alpha value is -1.93. The second kappa shape index (κ2) is 7.31. The van der Waals surface area contributed by atoms with Crippen molar-refractivity contribution in [1.82, 2.24) is 30.6 Å². The van der Waals surface area contributed by atoms with E-state index < -0.39 is 5.54 Å². The number of halogens is 1. The van der Waals surface area contributed by atoms with Gasteiger partial charge in [0.1, 0.15) is 0 Å². The number of carbonyl (C=O) groups excluding carboxylic acids is 1. The van der Waals surface area contributed by atoms with E-state index in [0.717, 1.165) is 25.9 Å². The van der Waals surface area contributed by atoms with Crippen LogP contribution in [0.1, 0.15) is 45.5 Å². The monoisotopic (exact) mass is 354 g/mol. The van der Waals surface area contributed by atoms with Crippen LogP contribution in [0.2, 0.25) is 0 Å². The molecule has 0 bridgehead atoms. The average molecular weight is 355 g/mol. The number of aromatic nitrogens is 4. The first-order valence-corrected chi connectivity index (χ1v) is 7.85. The highest BCUT2D eigenvalue weighted by Gasteiger charge is 2.28. The molecule has 2 aromatic heterocycles. The molecule has 1 aliphatic heterocycles. The van der Waals surface area contributed by atoms with Crippen LogP contribution in [0.15, 0.2) is 16.8 Å². The van der Waals surface area contributed by atoms with E-state index in [-0.39, 0.29) is 18.3 Å². The second-order valence-corrected chi connectivity index (χ2v) is 6.41. The molecule has 1 fully saturated rings. The highest BCUT2D eigenvalue weighted by atomic mass is 35.5. The minimum atomic E-state index is -0.691. The first kappa shape index (κ1) is 18.4. The van der Waals surface area contributed by atoms with Crippen LogP contribution in [0.3, 0.4) is 0 Å². The van der Waals surface area contributed by atoms with Crippen molar-refractivity contribution in [3.05, 3.63) is 18.1 Å². The van der Waals surface area contributed by atoms with Gasteiger partial charge in [-0.3, -0.25) is 9.48 Å². The molecule has 9 heteroatoms. The van der Waals surface area contributed by atoms with Gasteiger partial charge in [0, 0.05) is 19.7 Å². The molecule has 1 atom stereocenters. The van der Waals surface area contributed by atoms with Crippen LogP contribution in [0.25, 0.3) is 11.6 Å². The number of carbonyl (C=O) groups is 1. The number of rotatable bonds is 4. The zero-order chi connectivity index (χ0) is 16.4. The molecule has 2 aromatic rings. The molecule has 0 aliphatic carbocycles. The molecule has 0 radical (unpaired) electrons. The fourth-order valence-electron chi connectivity index (χ4n) is 2.79. The van der Waals surface area contributed by atoms with Crippen LogP contribution in [0.4, 0.5) is 0 Å². The number of hydrogen-bond donors (Lipinski definition) is 2. The molecule has 1 saturated heterocycles. The summed E-state index contributed by atoms with van der Waals surface area (Å²) in [6.07, 6.45) is 4.20. The van der Waals surface area contributed by atoms with Crippen molar-refractivity contribution in [1.29, 1.82) is 0 Å². The van der Waals surface area contributed by atoms with Crippen molar-refractivity contribution in [3.63, 3.8) is 0 Å². The lowest BCUT2D eigenvalue weighted by Gasteiger charge is -2.22. The molecule has 132 valence electrons. The highest BCUT2D eigenvalue weighted by Crippen LogP contribution is 2.23. The molecule has 24 heavy (non-hydrogen) atoms. The normalized spacial score (nSPS) is 18.0. The predicted octanol–water partition coefficient (Wildman–Crippen LogP) is 1.65. The van der Waals surface area contributed by atoms with Crippen molar-refractivity contribution in [2.24, 2.45) is 0 Å². The van der Waals surface area contributed by atoms with Gasteiger partial charge >= 0.3 is 0 Å². The van der Waals surface area contributed by atoms with Gasteiger partial charge in [0.05, 0.1) is 11.6 Å². The smallest absolute Gasteiger partial charge is 0.278 e. The molecule has 1 unspecified atom stereocenters. The Bertz CT molecular complexity index is 690. The van der Waals surface area contributed by atoms with Gasteiger partial charge in [-0.15, -0.1) is 12.4 Å². The Labute approximate surface area is 146 Å². The van der Waals surface area contributed by atoms with Crippen molar-refractivity contribution in [2.45, 2.75) is 45.2 Å². The first-order valence-electron chi connectivity index (χ1n) is 7.85. The van der Waals surface area contributed by atoms with E-state index in [1.807, 2.05) is 30.8 Å². The van der Waals surface area contributed by atoms with E-state index in [1.54, 1.807) is 0 Å². The van der Waals surface area contributed by atoms with Gasteiger partial charge < -0.3 is 15.2 Å². The first-order chi connectivity index (χ1) is 11.0. The lowest BCUT2D eigenvalue weighted by Crippen LogP contribution is -2.40. The summed E-state index contributed by atoms with van der Waals surface area (Å²) in [6.45, 7) is 7.11. The largest absolute Gasteiger partial charge is 0.344 e. The molecule has 0 aromatic carbocycles. The fraction of sp³-hybridized carbons (Fsp3) is 0.600. The van der Waals surface area contributed by atoms with Gasteiger partial charge in [-0.1, -0.05) is 5.16 Å². The molecule has 8 nitrogen and oxygen atoms in total. The Kier molecular flexibility index (Phi) is 5.61. The maximum atomic E-state index is 11.3. The molecule has 3 rings (SSSR count). The summed E-state index contributed by atoms with van der Waals surface area (Å²) in [5, 5.41) is 14.7. The van der Waals surface area contributed by atoms with E-state index in [9.17, 15) is 4.79 Å². The third kappa shape index (κ3) is 3.93. The maximum Gasteiger partial charge on any atom is 0.278 e. The Balaban J connectivity index is 0.00000208. The van der Waals surface area contributed by atoms with Crippen LogP contribution in [0, 0.1) is 0 Å². The highest BCUT2D eigenvalue weighted by molar-refractivity contribution is 5.85. The van der Waals surface area contributed by atoms with Crippen molar-refractivity contribution >= 4 is 18.3 Å². The van der Waals surface area contributed by atoms with E-state index in [0.29, 0.717) is 23.5 Å². The molecule has 0 saturated carbocycles. The summed E-state index contributed by atoms with van der Waals surface area (Å²) >= 11 is 0. The second-order valence-electron chi connectivity index (χ2n) is 6.41. The van der Waals surface area contributed by atoms with Crippen molar-refractivity contribution in [3.8, 4) is 11.6 Å². The lowest BCUT2D eigenvalue weighted by atomic mass is 10.1. The van der Waals surface area contributed by atoms with Gasteiger partial charge in [-0.25, -0.2) is 0 Å². The molecule has 3 heterocycles. The molecule has 1 aliphatic rings. The van der Waals surface area contributed by atoms with Crippen LogP contribution in [-0.2, 0) is 10.3 Å². The number of nitrogens with zero attached hydrogens (tertiary/aromatic N) is 4. The Morgan fingerprint density at radius 3 is 2.96 bits per heavy atom. The van der Waals surface area contributed by atoms with Crippen LogP contribution < -0.4 is 10.6 Å². The number of piperidine rings is 1. The standard InChI is InChI=1S/C15H22N6O2.ClH/c1-10(22)18-15(2,3)14-17-13(23-20-14)12-6-8-21(19-12)11-5-4-7-16-9-11;/h6,8,11,16H,4-5,7,9H2,1-3H3,(H,18,22);1H. The van der Waals surface area contributed by atoms with Gasteiger partial charge in [0.25, 0.3) is 5.89 Å². The third-order valence-electron chi connectivity index (χ3n) is 3.95. The van der Waals surface area contributed by atoms with Crippen molar-refractivity contribution in [2.75, 3.05) is 13.1 Å². The van der Waals surface area contributed by atoms with Crippen LogP contribution >= 0.6 is 12.4 Å². The van der Waals surface area contributed by atoms with E-state index in [2.05, 4.69) is 25.9 Å². The average Bonchev–Trinajstić information content (AvgIpc) is 3.16. The molecule has 2 N–H and O–H groups in total. The molecular formula is C15H23ClN6O2. The van der Waals surface area contributed by atoms with Gasteiger partial charge in [0.2, 0.25) is 5.91 Å². The summed E-state index contributed by atoms with van der Waals surface area (Å²) in [6, 6.07) is 2.23. The summed E-state index contributed by atoms with van der Waals surface area (Å²) in [5.41, 5.74) is -0.0448. The zero-order valence-corrected chi connectivity index (χ0v) is 14.9. The summed E-state index contributed by atoms with van der Waals surface area (Å²) in [5.74, 6) is 0.646. The molecule has 0 spiro atoms.